The maximum Gasteiger partial charge on any atom is 0.255 e. The molecule has 8 heteroatoms. The van der Waals surface area contributed by atoms with Gasteiger partial charge in [-0.05, 0) is 51.3 Å². The Balaban J connectivity index is 1.22. The van der Waals surface area contributed by atoms with Gasteiger partial charge in [-0.1, -0.05) is 6.07 Å². The predicted octanol–water partition coefficient (Wildman–Crippen LogP) is 1.07. The minimum absolute atomic E-state index is 0.118. The number of amides is 3. The predicted molar refractivity (Wildman–Crippen MR) is 117 cm³/mol. The minimum atomic E-state index is -0.572. The lowest BCUT2D eigenvalue weighted by Crippen LogP contribution is -2.54. The fourth-order valence-corrected chi connectivity index (χ4v) is 5.47. The number of piperidine rings is 2. The van der Waals surface area contributed by atoms with Crippen molar-refractivity contribution in [1.29, 1.82) is 0 Å². The lowest BCUT2D eigenvalue weighted by atomic mass is 9.84. The van der Waals surface area contributed by atoms with Gasteiger partial charge in [-0.3, -0.25) is 19.7 Å². The number of hydrogen-bond donors (Lipinski definition) is 3. The zero-order valence-electron chi connectivity index (χ0n) is 18.0. The number of anilines is 1. The SMILES string of the molecule is CNC1CC(N2CCC(Nc3cccc4c3CN(C3CCC(=O)NC3=O)C4=O)CC2)C1. The Kier molecular flexibility index (Phi) is 5.44. The fourth-order valence-electron chi connectivity index (χ4n) is 5.47. The number of rotatable bonds is 5. The monoisotopic (exact) mass is 425 g/mol. The molecule has 4 aliphatic rings. The van der Waals surface area contributed by atoms with Crippen molar-refractivity contribution in [1.82, 2.24) is 20.4 Å². The van der Waals surface area contributed by atoms with Gasteiger partial charge in [-0.15, -0.1) is 0 Å². The highest BCUT2D eigenvalue weighted by molar-refractivity contribution is 6.06. The van der Waals surface area contributed by atoms with Crippen LogP contribution in [0, 0.1) is 0 Å². The van der Waals surface area contributed by atoms with Crippen LogP contribution in [0.25, 0.3) is 0 Å². The van der Waals surface area contributed by atoms with Gasteiger partial charge in [-0.2, -0.15) is 0 Å². The average molecular weight is 426 g/mol. The van der Waals surface area contributed by atoms with Crippen LogP contribution in [0.15, 0.2) is 18.2 Å². The van der Waals surface area contributed by atoms with Gasteiger partial charge in [0.05, 0.1) is 0 Å². The van der Waals surface area contributed by atoms with E-state index in [1.807, 2.05) is 25.2 Å². The topological polar surface area (TPSA) is 93.8 Å². The molecule has 8 nitrogen and oxygen atoms in total. The summed E-state index contributed by atoms with van der Waals surface area (Å²) in [4.78, 5) is 41.0. The summed E-state index contributed by atoms with van der Waals surface area (Å²) in [6.07, 6.45) is 5.35. The second kappa shape index (κ2) is 8.24. The number of benzene rings is 1. The molecule has 166 valence electrons. The van der Waals surface area contributed by atoms with E-state index in [0.29, 0.717) is 30.6 Å². The molecular weight excluding hydrogens is 394 g/mol. The standard InChI is InChI=1S/C23H31N5O3/c1-24-15-11-16(12-15)27-9-7-14(8-10-27)25-19-4-2-3-17-18(19)13-28(23(17)31)20-5-6-21(29)26-22(20)30/h2-4,14-16,20,24-25H,5-13H2,1H3,(H,26,29,30). The van der Waals surface area contributed by atoms with Crippen LogP contribution in [-0.2, 0) is 16.1 Å². The molecule has 3 aliphatic heterocycles. The summed E-state index contributed by atoms with van der Waals surface area (Å²) >= 11 is 0. The van der Waals surface area contributed by atoms with Gasteiger partial charge in [0.2, 0.25) is 11.8 Å². The Bertz CT molecular complexity index is 889. The first-order valence-electron chi connectivity index (χ1n) is 11.5. The number of nitrogens with zero attached hydrogens (tertiary/aromatic N) is 2. The Labute approximate surface area is 182 Å². The third kappa shape index (κ3) is 3.83. The van der Waals surface area contributed by atoms with Crippen molar-refractivity contribution in [3.8, 4) is 0 Å². The Morgan fingerprint density at radius 3 is 2.52 bits per heavy atom. The molecule has 1 aliphatic carbocycles. The van der Waals surface area contributed by atoms with Crippen LogP contribution in [0.2, 0.25) is 0 Å². The summed E-state index contributed by atoms with van der Waals surface area (Å²) in [5.41, 5.74) is 2.63. The van der Waals surface area contributed by atoms with Gasteiger partial charge >= 0.3 is 0 Å². The molecule has 1 aromatic rings. The van der Waals surface area contributed by atoms with E-state index < -0.39 is 6.04 Å². The quantitative estimate of drug-likeness (QED) is 0.611. The van der Waals surface area contributed by atoms with Crippen molar-refractivity contribution >= 4 is 23.4 Å². The highest BCUT2D eigenvalue weighted by atomic mass is 16.2. The molecule has 5 rings (SSSR count). The number of hydrogen-bond acceptors (Lipinski definition) is 6. The molecule has 3 heterocycles. The van der Waals surface area contributed by atoms with Gasteiger partial charge < -0.3 is 20.4 Å². The number of likely N-dealkylation sites (tertiary alicyclic amines) is 1. The van der Waals surface area contributed by atoms with E-state index in [-0.39, 0.29) is 24.1 Å². The van der Waals surface area contributed by atoms with Gasteiger partial charge in [0, 0.05) is 61.0 Å². The molecule has 0 bridgehead atoms. The van der Waals surface area contributed by atoms with E-state index in [4.69, 9.17) is 0 Å². The van der Waals surface area contributed by atoms with Crippen LogP contribution < -0.4 is 16.0 Å². The number of nitrogens with one attached hydrogen (secondary N) is 3. The second-order valence-corrected chi connectivity index (χ2v) is 9.30. The fraction of sp³-hybridized carbons (Fsp3) is 0.609. The van der Waals surface area contributed by atoms with Crippen molar-refractivity contribution in [2.45, 2.75) is 69.2 Å². The van der Waals surface area contributed by atoms with E-state index >= 15 is 0 Å². The highest BCUT2D eigenvalue weighted by Crippen LogP contribution is 2.34. The van der Waals surface area contributed by atoms with E-state index in [2.05, 4.69) is 20.9 Å². The largest absolute Gasteiger partial charge is 0.382 e. The molecule has 3 fully saturated rings. The molecule has 31 heavy (non-hydrogen) atoms. The normalized spacial score (nSPS) is 29.5. The lowest BCUT2D eigenvalue weighted by molar-refractivity contribution is -0.136. The van der Waals surface area contributed by atoms with E-state index in [9.17, 15) is 14.4 Å². The van der Waals surface area contributed by atoms with E-state index in [0.717, 1.165) is 43.2 Å². The van der Waals surface area contributed by atoms with Gasteiger partial charge in [0.1, 0.15) is 6.04 Å². The Morgan fingerprint density at radius 2 is 1.81 bits per heavy atom. The maximum absolute atomic E-state index is 13.0. The zero-order chi connectivity index (χ0) is 21.5. The van der Waals surface area contributed by atoms with Crippen molar-refractivity contribution in [3.05, 3.63) is 29.3 Å². The van der Waals surface area contributed by atoms with Crippen molar-refractivity contribution in [2.24, 2.45) is 0 Å². The number of imide groups is 1. The molecule has 1 atom stereocenters. The first-order chi connectivity index (χ1) is 15.0. The van der Waals surface area contributed by atoms with Crippen LogP contribution in [0.5, 0.6) is 0 Å². The van der Waals surface area contributed by atoms with Crippen LogP contribution in [0.1, 0.15) is 54.4 Å². The number of fused-ring (bicyclic) bond motifs is 1. The molecule has 1 saturated carbocycles. The third-order valence-electron chi connectivity index (χ3n) is 7.51. The first-order valence-corrected chi connectivity index (χ1v) is 11.5. The van der Waals surface area contributed by atoms with Crippen LogP contribution in [0.4, 0.5) is 5.69 Å². The van der Waals surface area contributed by atoms with E-state index in [1.165, 1.54) is 12.8 Å². The number of carbonyl (C=O) groups is 3. The van der Waals surface area contributed by atoms with Crippen molar-refractivity contribution < 1.29 is 14.4 Å². The number of carbonyl (C=O) groups excluding carboxylic acids is 3. The molecule has 1 unspecified atom stereocenters. The average Bonchev–Trinajstić information content (AvgIpc) is 3.06. The molecule has 2 saturated heterocycles. The summed E-state index contributed by atoms with van der Waals surface area (Å²) < 4.78 is 0. The molecule has 1 aromatic carbocycles. The summed E-state index contributed by atoms with van der Waals surface area (Å²) in [5, 5.41) is 9.41. The third-order valence-corrected chi connectivity index (χ3v) is 7.51. The molecule has 0 radical (unpaired) electrons. The zero-order valence-corrected chi connectivity index (χ0v) is 18.0. The van der Waals surface area contributed by atoms with Crippen LogP contribution in [0.3, 0.4) is 0 Å². The summed E-state index contributed by atoms with van der Waals surface area (Å²) in [6.45, 7) is 2.63. The molecular formula is C23H31N5O3. The Morgan fingerprint density at radius 1 is 1.03 bits per heavy atom. The minimum Gasteiger partial charge on any atom is -0.382 e. The van der Waals surface area contributed by atoms with Crippen LogP contribution in [-0.4, -0.2) is 71.8 Å². The van der Waals surface area contributed by atoms with Gasteiger partial charge in [0.25, 0.3) is 5.91 Å². The van der Waals surface area contributed by atoms with Crippen LogP contribution >= 0.6 is 0 Å². The summed E-state index contributed by atoms with van der Waals surface area (Å²) in [7, 11) is 2.04. The van der Waals surface area contributed by atoms with Gasteiger partial charge in [0.15, 0.2) is 0 Å². The summed E-state index contributed by atoms with van der Waals surface area (Å²) in [5.74, 6) is -0.745. The van der Waals surface area contributed by atoms with E-state index in [1.54, 1.807) is 4.90 Å². The molecule has 0 aromatic heterocycles. The second-order valence-electron chi connectivity index (χ2n) is 9.30. The smallest absolute Gasteiger partial charge is 0.255 e. The maximum atomic E-state index is 13.0. The first kappa shape index (κ1) is 20.5. The van der Waals surface area contributed by atoms with Gasteiger partial charge in [-0.25, -0.2) is 0 Å². The van der Waals surface area contributed by atoms with Crippen molar-refractivity contribution in [2.75, 3.05) is 25.5 Å². The van der Waals surface area contributed by atoms with Crippen molar-refractivity contribution in [3.63, 3.8) is 0 Å². The lowest BCUT2D eigenvalue weighted by Gasteiger charge is -2.45. The summed E-state index contributed by atoms with van der Waals surface area (Å²) in [6, 6.07) is 7.01. The molecule has 3 amide bonds. The highest BCUT2D eigenvalue weighted by Gasteiger charge is 2.40. The Hall–Kier alpha value is -2.45. The molecule has 0 spiro atoms. The molecule has 3 N–H and O–H groups in total.